The molecule has 4 aromatic rings. The van der Waals surface area contributed by atoms with Crippen LogP contribution < -0.4 is 5.32 Å². The lowest BCUT2D eigenvalue weighted by Gasteiger charge is -2.28. The number of ether oxygens (including phenoxy) is 1. The number of nitrogens with one attached hydrogen (secondary N) is 1. The van der Waals surface area contributed by atoms with Crippen molar-refractivity contribution in [3.8, 4) is 11.1 Å². The first-order valence-corrected chi connectivity index (χ1v) is 12.6. The van der Waals surface area contributed by atoms with Gasteiger partial charge in [-0.15, -0.1) is 0 Å². The predicted octanol–water partition coefficient (Wildman–Crippen LogP) is 7.42. The second kappa shape index (κ2) is 10.1. The average molecular weight is 533 g/mol. The molecule has 1 aliphatic rings. The van der Waals surface area contributed by atoms with E-state index in [1.807, 2.05) is 56.3 Å². The van der Waals surface area contributed by atoms with Crippen molar-refractivity contribution in [2.75, 3.05) is 12.4 Å². The maximum Gasteiger partial charge on any atom is 0.417 e. The summed E-state index contributed by atoms with van der Waals surface area (Å²) in [4.78, 5) is 27.0. The number of fused-ring (bicyclic) bond motifs is 2. The Morgan fingerprint density at radius 2 is 1.59 bits per heavy atom. The molecule has 0 saturated heterocycles. The van der Waals surface area contributed by atoms with Gasteiger partial charge < -0.3 is 15.0 Å². The van der Waals surface area contributed by atoms with Crippen molar-refractivity contribution in [2.24, 2.45) is 5.92 Å². The molecule has 0 aromatic heterocycles. The fraction of sp³-hybridized carbons (Fsp3) is 0.226. The van der Waals surface area contributed by atoms with Gasteiger partial charge in [-0.2, -0.15) is 13.2 Å². The lowest BCUT2D eigenvalue weighted by atomic mass is 9.95. The number of methoxy groups -OCH3 is 1. The molecule has 1 amide bonds. The topological polar surface area (TPSA) is 58.6 Å². The maximum absolute atomic E-state index is 14.2. The molecule has 1 atom stereocenters. The van der Waals surface area contributed by atoms with Crippen LogP contribution in [0, 0.1) is 5.92 Å². The first kappa shape index (κ1) is 26.3. The number of carbonyl (C=O) groups excluding carboxylic acids is 2. The van der Waals surface area contributed by atoms with Crippen LogP contribution in [0.1, 0.15) is 35.3 Å². The summed E-state index contributed by atoms with van der Waals surface area (Å²) in [6.45, 7) is 3.81. The Bertz CT molecular complexity index is 1580. The molecule has 200 valence electrons. The van der Waals surface area contributed by atoms with Crippen LogP contribution in [0.25, 0.3) is 21.9 Å². The van der Waals surface area contributed by atoms with Crippen molar-refractivity contribution in [2.45, 2.75) is 32.6 Å². The molecule has 5 rings (SSSR count). The summed E-state index contributed by atoms with van der Waals surface area (Å²) in [5, 5.41) is 5.08. The van der Waals surface area contributed by atoms with E-state index in [9.17, 15) is 22.8 Å². The summed E-state index contributed by atoms with van der Waals surface area (Å²) in [5.74, 6) is -1.13. The standard InChI is InChI=1S/C31H27F3N2O3/c1-18(2)28(30(38)39-3)36-17-22-9-8-21(15-26(22)29(36)37)25-13-12-24(16-27(25)31(32,33)34)35-23-11-10-19-6-4-5-7-20(19)14-23/h4-16,18,28,35H,17H2,1-3H3/t28-/m0/s1. The Kier molecular flexibility index (Phi) is 6.80. The molecule has 0 bridgehead atoms. The van der Waals surface area contributed by atoms with Crippen LogP contribution in [0.3, 0.4) is 0 Å². The van der Waals surface area contributed by atoms with E-state index in [0.717, 1.165) is 16.8 Å². The number of rotatable bonds is 6. The molecule has 5 nitrogen and oxygen atoms in total. The van der Waals surface area contributed by atoms with Crippen LogP contribution in [0.4, 0.5) is 24.5 Å². The number of nitrogens with zero attached hydrogens (tertiary/aromatic N) is 1. The molecule has 8 heteroatoms. The van der Waals surface area contributed by atoms with Gasteiger partial charge in [-0.1, -0.05) is 62.4 Å². The summed E-state index contributed by atoms with van der Waals surface area (Å²) in [6.07, 6.45) is -4.63. The Morgan fingerprint density at radius 1 is 0.897 bits per heavy atom. The van der Waals surface area contributed by atoms with Gasteiger partial charge in [0.05, 0.1) is 12.7 Å². The van der Waals surface area contributed by atoms with E-state index in [4.69, 9.17) is 4.74 Å². The average Bonchev–Trinajstić information content (AvgIpc) is 3.23. The Morgan fingerprint density at radius 3 is 2.28 bits per heavy atom. The second-order valence-electron chi connectivity index (χ2n) is 9.96. The molecule has 0 aliphatic carbocycles. The van der Waals surface area contributed by atoms with Gasteiger partial charge in [0, 0.05) is 23.5 Å². The van der Waals surface area contributed by atoms with E-state index >= 15 is 0 Å². The van der Waals surface area contributed by atoms with Crippen molar-refractivity contribution in [3.63, 3.8) is 0 Å². The molecule has 0 unspecified atom stereocenters. The molecule has 1 aliphatic heterocycles. The summed E-state index contributed by atoms with van der Waals surface area (Å²) in [7, 11) is 1.26. The van der Waals surface area contributed by atoms with E-state index in [1.165, 1.54) is 24.1 Å². The third kappa shape index (κ3) is 5.06. The van der Waals surface area contributed by atoms with Gasteiger partial charge in [-0.05, 0) is 63.7 Å². The van der Waals surface area contributed by atoms with Gasteiger partial charge in [-0.3, -0.25) is 4.79 Å². The van der Waals surface area contributed by atoms with Crippen LogP contribution in [0.15, 0.2) is 78.9 Å². The number of esters is 1. The highest BCUT2D eigenvalue weighted by molar-refractivity contribution is 6.01. The van der Waals surface area contributed by atoms with Crippen molar-refractivity contribution < 1.29 is 27.5 Å². The van der Waals surface area contributed by atoms with Gasteiger partial charge in [0.15, 0.2) is 0 Å². The monoisotopic (exact) mass is 532 g/mol. The van der Waals surface area contributed by atoms with Crippen LogP contribution in [-0.2, 0) is 22.3 Å². The third-order valence-corrected chi connectivity index (χ3v) is 7.03. The molecule has 0 radical (unpaired) electrons. The van der Waals surface area contributed by atoms with E-state index < -0.39 is 29.7 Å². The summed E-state index contributed by atoms with van der Waals surface area (Å²) in [5.41, 5.74) is 1.33. The third-order valence-electron chi connectivity index (χ3n) is 7.03. The number of halogens is 3. The van der Waals surface area contributed by atoms with Crippen molar-refractivity contribution in [1.82, 2.24) is 4.90 Å². The molecule has 1 heterocycles. The quantitative estimate of drug-likeness (QED) is 0.263. The van der Waals surface area contributed by atoms with Crippen LogP contribution in [0.2, 0.25) is 0 Å². The molecule has 4 aromatic carbocycles. The first-order chi connectivity index (χ1) is 18.6. The molecule has 0 fully saturated rings. The number of alkyl halides is 3. The minimum Gasteiger partial charge on any atom is -0.467 e. The van der Waals surface area contributed by atoms with Crippen LogP contribution in [0.5, 0.6) is 0 Å². The van der Waals surface area contributed by atoms with E-state index in [0.29, 0.717) is 16.9 Å². The Hall–Kier alpha value is -4.33. The number of anilines is 2. The fourth-order valence-corrected chi connectivity index (χ4v) is 5.14. The van der Waals surface area contributed by atoms with Gasteiger partial charge in [0.1, 0.15) is 6.04 Å². The first-order valence-electron chi connectivity index (χ1n) is 12.6. The zero-order valence-corrected chi connectivity index (χ0v) is 21.7. The smallest absolute Gasteiger partial charge is 0.417 e. The minimum absolute atomic E-state index is 0.0333. The van der Waals surface area contributed by atoms with Crippen molar-refractivity contribution >= 4 is 34.0 Å². The number of amides is 1. The molecule has 1 N–H and O–H groups in total. The van der Waals surface area contributed by atoms with Gasteiger partial charge in [-0.25, -0.2) is 4.79 Å². The zero-order chi connectivity index (χ0) is 27.9. The zero-order valence-electron chi connectivity index (χ0n) is 21.7. The lowest BCUT2D eigenvalue weighted by Crippen LogP contribution is -2.45. The summed E-state index contributed by atoms with van der Waals surface area (Å²) in [6, 6.07) is 21.4. The number of hydrogen-bond donors (Lipinski definition) is 1. The van der Waals surface area contributed by atoms with E-state index in [1.54, 1.807) is 18.2 Å². The Balaban J connectivity index is 1.48. The predicted molar refractivity (Wildman–Crippen MR) is 145 cm³/mol. The van der Waals surface area contributed by atoms with E-state index in [2.05, 4.69) is 5.32 Å². The van der Waals surface area contributed by atoms with Gasteiger partial charge in [0.2, 0.25) is 0 Å². The number of hydrogen-bond acceptors (Lipinski definition) is 4. The van der Waals surface area contributed by atoms with E-state index in [-0.39, 0.29) is 29.2 Å². The normalized spacial score (nSPS) is 14.0. The highest BCUT2D eigenvalue weighted by atomic mass is 19.4. The van der Waals surface area contributed by atoms with Crippen LogP contribution in [-0.4, -0.2) is 29.9 Å². The molecular formula is C31H27F3N2O3. The van der Waals surface area contributed by atoms with Crippen molar-refractivity contribution in [3.05, 3.63) is 95.6 Å². The summed E-state index contributed by atoms with van der Waals surface area (Å²) >= 11 is 0. The lowest BCUT2D eigenvalue weighted by molar-refractivity contribution is -0.147. The molecule has 39 heavy (non-hydrogen) atoms. The fourth-order valence-electron chi connectivity index (χ4n) is 5.14. The van der Waals surface area contributed by atoms with Crippen LogP contribution >= 0.6 is 0 Å². The van der Waals surface area contributed by atoms with Gasteiger partial charge in [0.25, 0.3) is 5.91 Å². The SMILES string of the molecule is COC(=O)[C@H](C(C)C)N1Cc2ccc(-c3ccc(Nc4ccc5ccccc5c4)cc3C(F)(F)F)cc2C1=O. The highest BCUT2D eigenvalue weighted by Gasteiger charge is 2.39. The Labute approximate surface area is 224 Å². The number of carbonyl (C=O) groups is 2. The summed E-state index contributed by atoms with van der Waals surface area (Å²) < 4.78 is 47.6. The number of benzene rings is 4. The van der Waals surface area contributed by atoms with Crippen molar-refractivity contribution in [1.29, 1.82) is 0 Å². The highest BCUT2D eigenvalue weighted by Crippen LogP contribution is 2.40. The molecule has 0 saturated carbocycles. The second-order valence-corrected chi connectivity index (χ2v) is 9.96. The molecular weight excluding hydrogens is 505 g/mol. The molecule has 0 spiro atoms. The largest absolute Gasteiger partial charge is 0.467 e. The van der Waals surface area contributed by atoms with Gasteiger partial charge >= 0.3 is 12.1 Å². The minimum atomic E-state index is -4.63. The maximum atomic E-state index is 14.2.